The van der Waals surface area contributed by atoms with Gasteiger partial charge < -0.3 is 4.57 Å². The van der Waals surface area contributed by atoms with E-state index in [-0.39, 0.29) is 0 Å². The zero-order chi connectivity index (χ0) is 15.5. The molecular weight excluding hydrogens is 411 g/mol. The summed E-state index contributed by atoms with van der Waals surface area (Å²) in [6.07, 6.45) is 0. The van der Waals surface area contributed by atoms with Crippen LogP contribution in [0.4, 0.5) is 0 Å². The SMILES string of the molecule is C=C(C)/C(Br)=C(\Br)P(=O)(c1ccccc1)c1ccccc1. The smallest absolute Gasteiger partial charge is 0.178 e. The summed E-state index contributed by atoms with van der Waals surface area (Å²) >= 11 is 7.05. The fraction of sp³-hybridized carbons (Fsp3) is 0.0588. The van der Waals surface area contributed by atoms with E-state index in [9.17, 15) is 4.57 Å². The summed E-state index contributed by atoms with van der Waals surface area (Å²) in [5, 5.41) is 1.59. The predicted octanol–water partition coefficient (Wildman–Crippen LogP) is 5.54. The van der Waals surface area contributed by atoms with Gasteiger partial charge in [-0.2, -0.15) is 0 Å². The maximum absolute atomic E-state index is 13.9. The number of rotatable bonds is 4. The first-order valence-corrected chi connectivity index (χ1v) is 9.70. The van der Waals surface area contributed by atoms with E-state index in [1.165, 1.54) is 0 Å². The number of halogens is 2. The molecule has 2 rings (SSSR count). The molecule has 2 aromatic carbocycles. The minimum atomic E-state index is -2.94. The number of hydrogen-bond acceptors (Lipinski definition) is 1. The highest BCUT2D eigenvalue weighted by molar-refractivity contribution is 9.15. The van der Waals surface area contributed by atoms with Gasteiger partial charge in [0, 0.05) is 15.1 Å². The van der Waals surface area contributed by atoms with Crippen molar-refractivity contribution in [1.82, 2.24) is 0 Å². The van der Waals surface area contributed by atoms with E-state index in [1.54, 1.807) is 0 Å². The quantitative estimate of drug-likeness (QED) is 0.464. The Morgan fingerprint density at radius 2 is 1.29 bits per heavy atom. The maximum Gasteiger partial charge on any atom is 0.178 e. The molecule has 0 aromatic heterocycles. The molecule has 0 saturated heterocycles. The first-order chi connectivity index (χ1) is 9.98. The van der Waals surface area contributed by atoms with Crippen molar-refractivity contribution >= 4 is 49.6 Å². The minimum Gasteiger partial charge on any atom is -0.308 e. The Hall–Kier alpha value is -0.890. The van der Waals surface area contributed by atoms with Crippen LogP contribution in [0.3, 0.4) is 0 Å². The average Bonchev–Trinajstić information content (AvgIpc) is 2.54. The summed E-state index contributed by atoms with van der Waals surface area (Å²) in [5.41, 5.74) is 0.828. The van der Waals surface area contributed by atoms with Gasteiger partial charge in [-0.25, -0.2) is 0 Å². The van der Waals surface area contributed by atoms with Crippen LogP contribution in [0.5, 0.6) is 0 Å². The molecule has 0 amide bonds. The third-order valence-electron chi connectivity index (χ3n) is 3.07. The van der Waals surface area contributed by atoms with E-state index in [0.717, 1.165) is 20.7 Å². The van der Waals surface area contributed by atoms with Crippen LogP contribution in [0.1, 0.15) is 6.92 Å². The van der Waals surface area contributed by atoms with E-state index in [1.807, 2.05) is 67.6 Å². The Balaban J connectivity index is 2.76. The fourth-order valence-corrected chi connectivity index (χ4v) is 6.68. The van der Waals surface area contributed by atoms with Gasteiger partial charge in [-0.3, -0.25) is 0 Å². The Morgan fingerprint density at radius 1 is 0.905 bits per heavy atom. The second-order valence-electron chi connectivity index (χ2n) is 4.67. The van der Waals surface area contributed by atoms with Crippen LogP contribution in [0.2, 0.25) is 0 Å². The molecule has 0 bridgehead atoms. The highest BCUT2D eigenvalue weighted by atomic mass is 79.9. The van der Waals surface area contributed by atoms with Crippen molar-refractivity contribution in [3.05, 3.63) is 81.5 Å². The van der Waals surface area contributed by atoms with Crippen LogP contribution in [-0.4, -0.2) is 0 Å². The highest BCUT2D eigenvalue weighted by Crippen LogP contribution is 2.57. The molecule has 0 heterocycles. The van der Waals surface area contributed by atoms with Crippen molar-refractivity contribution in [2.75, 3.05) is 0 Å². The molecular formula is C17H15Br2OP. The second kappa shape index (κ2) is 6.91. The van der Waals surface area contributed by atoms with Crippen LogP contribution in [-0.2, 0) is 4.57 Å². The maximum atomic E-state index is 13.9. The monoisotopic (exact) mass is 424 g/mol. The van der Waals surface area contributed by atoms with Crippen molar-refractivity contribution in [1.29, 1.82) is 0 Å². The minimum absolute atomic E-state index is 0.639. The second-order valence-corrected chi connectivity index (χ2v) is 9.56. The Kier molecular flexibility index (Phi) is 5.43. The van der Waals surface area contributed by atoms with Crippen molar-refractivity contribution in [3.8, 4) is 0 Å². The summed E-state index contributed by atoms with van der Waals surface area (Å²) in [6.45, 7) is 5.80. The molecule has 4 heteroatoms. The van der Waals surface area contributed by atoms with Gasteiger partial charge in [0.1, 0.15) is 0 Å². The molecule has 0 atom stereocenters. The molecule has 0 saturated carbocycles. The van der Waals surface area contributed by atoms with Crippen LogP contribution in [0.25, 0.3) is 0 Å². The first kappa shape index (κ1) is 16.5. The third kappa shape index (κ3) is 3.31. The summed E-state index contributed by atoms with van der Waals surface area (Å²) in [4.78, 5) is 0. The lowest BCUT2D eigenvalue weighted by Crippen LogP contribution is -2.16. The number of allylic oxidation sites excluding steroid dienone is 2. The summed E-state index contributed by atoms with van der Waals surface area (Å²) < 4.78 is 15.3. The number of benzene rings is 2. The molecule has 0 unspecified atom stereocenters. The Bertz CT molecular complexity index is 677. The highest BCUT2D eigenvalue weighted by Gasteiger charge is 2.32. The molecule has 0 aliphatic carbocycles. The molecule has 0 aliphatic rings. The van der Waals surface area contributed by atoms with Gasteiger partial charge in [0.05, 0.1) is 4.22 Å². The molecule has 0 radical (unpaired) electrons. The van der Waals surface area contributed by atoms with Crippen LogP contribution >= 0.6 is 39.0 Å². The summed E-state index contributed by atoms with van der Waals surface area (Å²) in [7, 11) is -2.94. The molecule has 0 aliphatic heterocycles. The third-order valence-corrected chi connectivity index (χ3v) is 9.71. The first-order valence-electron chi connectivity index (χ1n) is 6.41. The average molecular weight is 426 g/mol. The fourth-order valence-electron chi connectivity index (χ4n) is 1.97. The molecule has 0 N–H and O–H groups in total. The van der Waals surface area contributed by atoms with E-state index in [0.29, 0.717) is 4.22 Å². The Morgan fingerprint density at radius 3 is 1.62 bits per heavy atom. The topological polar surface area (TPSA) is 17.1 Å². The zero-order valence-corrected chi connectivity index (χ0v) is 15.7. The molecule has 108 valence electrons. The molecule has 0 fully saturated rings. The lowest BCUT2D eigenvalue weighted by molar-refractivity contribution is 0.592. The van der Waals surface area contributed by atoms with Gasteiger partial charge in [0.2, 0.25) is 0 Å². The standard InChI is InChI=1S/C17H15Br2OP/c1-13(2)16(18)17(19)21(20,14-9-5-3-6-10-14)15-11-7-4-8-12-15/h3-12H,1H2,2H3/b17-16-. The predicted molar refractivity (Wildman–Crippen MR) is 99.5 cm³/mol. The van der Waals surface area contributed by atoms with E-state index in [2.05, 4.69) is 38.4 Å². The largest absolute Gasteiger partial charge is 0.308 e. The number of hydrogen-bond donors (Lipinski definition) is 0. The zero-order valence-electron chi connectivity index (χ0n) is 11.6. The lowest BCUT2D eigenvalue weighted by Gasteiger charge is -2.20. The summed E-state index contributed by atoms with van der Waals surface area (Å²) in [6, 6.07) is 19.0. The van der Waals surface area contributed by atoms with Crippen molar-refractivity contribution in [3.63, 3.8) is 0 Å². The van der Waals surface area contributed by atoms with Crippen LogP contribution < -0.4 is 10.6 Å². The lowest BCUT2D eigenvalue weighted by atomic mass is 10.4. The molecule has 1 nitrogen and oxygen atoms in total. The van der Waals surface area contributed by atoms with Gasteiger partial charge in [0.15, 0.2) is 7.14 Å². The molecule has 2 aromatic rings. The Labute approximate surface area is 142 Å². The van der Waals surface area contributed by atoms with Crippen molar-refractivity contribution in [2.45, 2.75) is 6.92 Å². The molecule has 0 spiro atoms. The van der Waals surface area contributed by atoms with Gasteiger partial charge in [0.25, 0.3) is 0 Å². The van der Waals surface area contributed by atoms with Crippen LogP contribution in [0, 0.1) is 0 Å². The molecule has 21 heavy (non-hydrogen) atoms. The van der Waals surface area contributed by atoms with Crippen molar-refractivity contribution < 1.29 is 4.57 Å². The van der Waals surface area contributed by atoms with Gasteiger partial charge >= 0.3 is 0 Å². The van der Waals surface area contributed by atoms with Gasteiger partial charge in [-0.1, -0.05) is 67.2 Å². The van der Waals surface area contributed by atoms with E-state index >= 15 is 0 Å². The van der Waals surface area contributed by atoms with Gasteiger partial charge in [-0.05, 0) is 44.4 Å². The van der Waals surface area contributed by atoms with Gasteiger partial charge in [-0.15, -0.1) is 0 Å². The van der Waals surface area contributed by atoms with E-state index < -0.39 is 7.14 Å². The van der Waals surface area contributed by atoms with E-state index in [4.69, 9.17) is 0 Å². The summed E-state index contributed by atoms with van der Waals surface area (Å²) in [5.74, 6) is 0. The van der Waals surface area contributed by atoms with Crippen molar-refractivity contribution in [2.24, 2.45) is 0 Å². The van der Waals surface area contributed by atoms with Crippen LogP contribution in [0.15, 0.2) is 81.5 Å². The normalized spacial score (nSPS) is 12.7.